The average Bonchev–Trinajstić information content (AvgIpc) is 2.46. The van der Waals surface area contributed by atoms with Gasteiger partial charge in [0.25, 0.3) is 0 Å². The Morgan fingerprint density at radius 1 is 1.05 bits per heavy atom. The molecular formula is C18H21ClN2O. The van der Waals surface area contributed by atoms with Crippen LogP contribution in [0.2, 0.25) is 5.02 Å². The molecular weight excluding hydrogens is 296 g/mol. The normalized spacial score (nSPS) is 10.3. The lowest BCUT2D eigenvalue weighted by molar-refractivity contribution is -0.121. The molecule has 0 unspecified atom stereocenters. The summed E-state index contributed by atoms with van der Waals surface area (Å²) in [5.41, 5.74) is 4.53. The van der Waals surface area contributed by atoms with E-state index in [-0.39, 0.29) is 5.91 Å². The predicted molar refractivity (Wildman–Crippen MR) is 92.3 cm³/mol. The van der Waals surface area contributed by atoms with E-state index in [2.05, 4.69) is 42.7 Å². The SMILES string of the molecule is Cc1cc(C)cc(NCCC(=O)NCc2ccc(Cl)cc2)c1. The van der Waals surface area contributed by atoms with Crippen molar-refractivity contribution in [2.24, 2.45) is 0 Å². The van der Waals surface area contributed by atoms with Gasteiger partial charge in [0.05, 0.1) is 0 Å². The third kappa shape index (κ3) is 5.41. The van der Waals surface area contributed by atoms with E-state index in [0.29, 0.717) is 24.5 Å². The maximum absolute atomic E-state index is 11.8. The first-order valence-corrected chi connectivity index (χ1v) is 7.74. The lowest BCUT2D eigenvalue weighted by Gasteiger charge is -2.09. The minimum atomic E-state index is 0.0341. The maximum Gasteiger partial charge on any atom is 0.222 e. The summed E-state index contributed by atoms with van der Waals surface area (Å²) < 4.78 is 0. The summed E-state index contributed by atoms with van der Waals surface area (Å²) in [4.78, 5) is 11.8. The fourth-order valence-electron chi connectivity index (χ4n) is 2.29. The van der Waals surface area contributed by atoms with Gasteiger partial charge in [0, 0.05) is 30.2 Å². The van der Waals surface area contributed by atoms with E-state index in [1.54, 1.807) is 0 Å². The standard InChI is InChI=1S/C18H21ClN2O/c1-13-9-14(2)11-17(10-13)20-8-7-18(22)21-12-15-3-5-16(19)6-4-15/h3-6,9-11,20H,7-8,12H2,1-2H3,(H,21,22). The highest BCUT2D eigenvalue weighted by molar-refractivity contribution is 6.30. The van der Waals surface area contributed by atoms with Gasteiger partial charge < -0.3 is 10.6 Å². The van der Waals surface area contributed by atoms with Crippen molar-refractivity contribution in [2.45, 2.75) is 26.8 Å². The Labute approximate surface area is 136 Å². The number of benzene rings is 2. The lowest BCUT2D eigenvalue weighted by Crippen LogP contribution is -2.24. The zero-order valence-corrected chi connectivity index (χ0v) is 13.7. The Hall–Kier alpha value is -2.00. The Morgan fingerprint density at radius 3 is 2.32 bits per heavy atom. The van der Waals surface area contributed by atoms with Gasteiger partial charge in [-0.25, -0.2) is 0 Å². The number of hydrogen-bond donors (Lipinski definition) is 2. The molecule has 0 saturated carbocycles. The van der Waals surface area contributed by atoms with Gasteiger partial charge in [-0.3, -0.25) is 4.79 Å². The molecule has 4 heteroatoms. The van der Waals surface area contributed by atoms with Gasteiger partial charge in [0.15, 0.2) is 0 Å². The first kappa shape index (κ1) is 16.4. The molecule has 0 aliphatic rings. The van der Waals surface area contributed by atoms with Crippen molar-refractivity contribution in [1.29, 1.82) is 0 Å². The van der Waals surface area contributed by atoms with Crippen LogP contribution in [0, 0.1) is 13.8 Å². The van der Waals surface area contributed by atoms with Crippen LogP contribution in [0.1, 0.15) is 23.1 Å². The van der Waals surface area contributed by atoms with Crippen LogP contribution in [-0.2, 0) is 11.3 Å². The average molecular weight is 317 g/mol. The second kappa shape index (κ2) is 7.85. The number of carbonyl (C=O) groups is 1. The van der Waals surface area contributed by atoms with Crippen molar-refractivity contribution >= 4 is 23.2 Å². The number of nitrogens with one attached hydrogen (secondary N) is 2. The molecule has 116 valence electrons. The number of halogens is 1. The number of amides is 1. The number of rotatable bonds is 6. The van der Waals surface area contributed by atoms with Crippen molar-refractivity contribution in [2.75, 3.05) is 11.9 Å². The highest BCUT2D eigenvalue weighted by Crippen LogP contribution is 2.13. The summed E-state index contributed by atoms with van der Waals surface area (Å²) in [7, 11) is 0. The predicted octanol–water partition coefficient (Wildman–Crippen LogP) is 4.08. The van der Waals surface area contributed by atoms with Gasteiger partial charge in [-0.05, 0) is 54.8 Å². The van der Waals surface area contributed by atoms with E-state index in [9.17, 15) is 4.79 Å². The van der Waals surface area contributed by atoms with Gasteiger partial charge >= 0.3 is 0 Å². The van der Waals surface area contributed by atoms with Crippen LogP contribution in [0.15, 0.2) is 42.5 Å². The first-order chi connectivity index (χ1) is 10.5. The van der Waals surface area contributed by atoms with E-state index in [4.69, 9.17) is 11.6 Å². The van der Waals surface area contributed by atoms with Gasteiger partial charge in [-0.15, -0.1) is 0 Å². The van der Waals surface area contributed by atoms with Crippen molar-refractivity contribution in [1.82, 2.24) is 5.32 Å². The fraction of sp³-hybridized carbons (Fsp3) is 0.278. The van der Waals surface area contributed by atoms with E-state index >= 15 is 0 Å². The zero-order chi connectivity index (χ0) is 15.9. The van der Waals surface area contributed by atoms with Crippen LogP contribution in [0.25, 0.3) is 0 Å². The Morgan fingerprint density at radius 2 is 1.68 bits per heavy atom. The molecule has 0 saturated heterocycles. The molecule has 2 N–H and O–H groups in total. The third-order valence-electron chi connectivity index (χ3n) is 3.31. The number of carbonyl (C=O) groups excluding carboxylic acids is 1. The molecule has 0 heterocycles. The van der Waals surface area contributed by atoms with Crippen LogP contribution in [0.4, 0.5) is 5.69 Å². The van der Waals surface area contributed by atoms with E-state index in [1.807, 2.05) is 24.3 Å². The van der Waals surface area contributed by atoms with Gasteiger partial charge in [0.1, 0.15) is 0 Å². The van der Waals surface area contributed by atoms with Crippen molar-refractivity contribution < 1.29 is 4.79 Å². The summed E-state index contributed by atoms with van der Waals surface area (Å²) in [6, 6.07) is 13.8. The molecule has 0 spiro atoms. The molecule has 2 aromatic rings. The largest absolute Gasteiger partial charge is 0.385 e. The van der Waals surface area contributed by atoms with Crippen molar-refractivity contribution in [3.05, 3.63) is 64.2 Å². The number of aryl methyl sites for hydroxylation is 2. The highest BCUT2D eigenvalue weighted by atomic mass is 35.5. The summed E-state index contributed by atoms with van der Waals surface area (Å²) in [6.07, 6.45) is 0.445. The summed E-state index contributed by atoms with van der Waals surface area (Å²) in [5.74, 6) is 0.0341. The maximum atomic E-state index is 11.8. The molecule has 0 fully saturated rings. The fourth-order valence-corrected chi connectivity index (χ4v) is 2.41. The van der Waals surface area contributed by atoms with Crippen LogP contribution < -0.4 is 10.6 Å². The van der Waals surface area contributed by atoms with Crippen molar-refractivity contribution in [3.63, 3.8) is 0 Å². The molecule has 0 bridgehead atoms. The number of hydrogen-bond acceptors (Lipinski definition) is 2. The first-order valence-electron chi connectivity index (χ1n) is 7.36. The second-order valence-corrected chi connectivity index (χ2v) is 5.89. The Kier molecular flexibility index (Phi) is 5.84. The molecule has 1 amide bonds. The third-order valence-corrected chi connectivity index (χ3v) is 3.56. The molecule has 0 radical (unpaired) electrons. The summed E-state index contributed by atoms with van der Waals surface area (Å²) in [6.45, 7) is 5.28. The monoisotopic (exact) mass is 316 g/mol. The second-order valence-electron chi connectivity index (χ2n) is 5.46. The molecule has 3 nitrogen and oxygen atoms in total. The van der Waals surface area contributed by atoms with E-state index < -0.39 is 0 Å². The van der Waals surface area contributed by atoms with Crippen LogP contribution in [0.3, 0.4) is 0 Å². The van der Waals surface area contributed by atoms with Gasteiger partial charge in [-0.2, -0.15) is 0 Å². The molecule has 0 aliphatic carbocycles. The topological polar surface area (TPSA) is 41.1 Å². The highest BCUT2D eigenvalue weighted by Gasteiger charge is 2.02. The molecule has 0 aliphatic heterocycles. The van der Waals surface area contributed by atoms with Crippen LogP contribution in [-0.4, -0.2) is 12.5 Å². The quantitative estimate of drug-likeness (QED) is 0.843. The van der Waals surface area contributed by atoms with Gasteiger partial charge in [-0.1, -0.05) is 29.8 Å². The van der Waals surface area contributed by atoms with Crippen LogP contribution in [0.5, 0.6) is 0 Å². The lowest BCUT2D eigenvalue weighted by atomic mass is 10.1. The summed E-state index contributed by atoms with van der Waals surface area (Å²) >= 11 is 5.83. The minimum Gasteiger partial charge on any atom is -0.385 e. The number of anilines is 1. The molecule has 2 rings (SSSR count). The Bertz CT molecular complexity index is 618. The molecule has 0 aromatic heterocycles. The Balaban J connectivity index is 1.72. The summed E-state index contributed by atoms with van der Waals surface area (Å²) in [5, 5.41) is 6.89. The van der Waals surface area contributed by atoms with Gasteiger partial charge in [0.2, 0.25) is 5.91 Å². The van der Waals surface area contributed by atoms with E-state index in [1.165, 1.54) is 11.1 Å². The molecule has 0 atom stereocenters. The minimum absolute atomic E-state index is 0.0341. The van der Waals surface area contributed by atoms with E-state index in [0.717, 1.165) is 11.3 Å². The van der Waals surface area contributed by atoms with Crippen molar-refractivity contribution in [3.8, 4) is 0 Å². The molecule has 22 heavy (non-hydrogen) atoms. The zero-order valence-electron chi connectivity index (χ0n) is 12.9. The molecule has 2 aromatic carbocycles. The van der Waals surface area contributed by atoms with Crippen LogP contribution >= 0.6 is 11.6 Å². The smallest absolute Gasteiger partial charge is 0.222 e.